The first-order valence-electron chi connectivity index (χ1n) is 8.80. The van der Waals surface area contributed by atoms with Gasteiger partial charge in [-0.25, -0.2) is 4.98 Å². The molecule has 5 heteroatoms. The summed E-state index contributed by atoms with van der Waals surface area (Å²) >= 11 is 0. The van der Waals surface area contributed by atoms with Crippen molar-refractivity contribution in [2.24, 2.45) is 11.8 Å². The van der Waals surface area contributed by atoms with Gasteiger partial charge in [0.15, 0.2) is 0 Å². The van der Waals surface area contributed by atoms with E-state index in [1.807, 2.05) is 6.20 Å². The number of fused-ring (bicyclic) bond motifs is 1. The van der Waals surface area contributed by atoms with Crippen molar-refractivity contribution < 1.29 is 4.79 Å². The lowest BCUT2D eigenvalue weighted by atomic mass is 10.3. The van der Waals surface area contributed by atoms with Crippen LogP contribution in [-0.4, -0.2) is 40.0 Å². The summed E-state index contributed by atoms with van der Waals surface area (Å²) in [5.41, 5.74) is 1.16. The maximum absolute atomic E-state index is 11.9. The van der Waals surface area contributed by atoms with Gasteiger partial charge in [-0.15, -0.1) is 0 Å². The van der Waals surface area contributed by atoms with Crippen LogP contribution in [0, 0.1) is 11.8 Å². The molecule has 5 nitrogen and oxygen atoms in total. The summed E-state index contributed by atoms with van der Waals surface area (Å²) < 4.78 is 2.32. The number of nitrogens with one attached hydrogen (secondary N) is 1. The molecule has 0 radical (unpaired) electrons. The normalized spacial score (nSPS) is 22.2. The van der Waals surface area contributed by atoms with Crippen molar-refractivity contribution in [3.63, 3.8) is 0 Å². The molecule has 0 saturated heterocycles. The van der Waals surface area contributed by atoms with Crippen LogP contribution in [0.3, 0.4) is 0 Å². The summed E-state index contributed by atoms with van der Waals surface area (Å²) in [5, 5.41) is 3.07. The SMILES string of the molecule is O=C(CC1CC1)NCc1cnc2n1CCN(CC1CC1)CC2. The minimum absolute atomic E-state index is 0.196. The third kappa shape index (κ3) is 3.51. The van der Waals surface area contributed by atoms with Crippen LogP contribution in [0.4, 0.5) is 0 Å². The van der Waals surface area contributed by atoms with Crippen molar-refractivity contribution >= 4 is 5.91 Å². The first-order chi connectivity index (χ1) is 10.8. The molecule has 22 heavy (non-hydrogen) atoms. The Morgan fingerprint density at radius 3 is 2.77 bits per heavy atom. The van der Waals surface area contributed by atoms with Gasteiger partial charge in [0, 0.05) is 39.0 Å². The van der Waals surface area contributed by atoms with Gasteiger partial charge in [-0.2, -0.15) is 0 Å². The largest absolute Gasteiger partial charge is 0.350 e. The molecular formula is C17H26N4O. The van der Waals surface area contributed by atoms with Crippen molar-refractivity contribution in [1.82, 2.24) is 19.8 Å². The van der Waals surface area contributed by atoms with Crippen molar-refractivity contribution in [2.45, 2.75) is 51.6 Å². The summed E-state index contributed by atoms with van der Waals surface area (Å²) in [6, 6.07) is 0. The lowest BCUT2D eigenvalue weighted by Crippen LogP contribution is -2.29. The number of carbonyl (C=O) groups is 1. The van der Waals surface area contributed by atoms with E-state index in [-0.39, 0.29) is 5.91 Å². The van der Waals surface area contributed by atoms with Crippen molar-refractivity contribution in [1.29, 1.82) is 0 Å². The fourth-order valence-corrected chi connectivity index (χ4v) is 3.37. The molecule has 3 aliphatic rings. The van der Waals surface area contributed by atoms with Crippen LogP contribution in [0.2, 0.25) is 0 Å². The fourth-order valence-electron chi connectivity index (χ4n) is 3.37. The van der Waals surface area contributed by atoms with Crippen LogP contribution in [0.15, 0.2) is 6.20 Å². The van der Waals surface area contributed by atoms with E-state index in [9.17, 15) is 4.79 Å². The summed E-state index contributed by atoms with van der Waals surface area (Å²) in [6.07, 6.45) is 8.97. The highest BCUT2D eigenvalue weighted by Crippen LogP contribution is 2.32. The maximum atomic E-state index is 11.9. The minimum Gasteiger partial charge on any atom is -0.350 e. The van der Waals surface area contributed by atoms with E-state index < -0.39 is 0 Å². The lowest BCUT2D eigenvalue weighted by molar-refractivity contribution is -0.121. The van der Waals surface area contributed by atoms with E-state index in [4.69, 9.17) is 0 Å². The molecule has 0 atom stereocenters. The second kappa shape index (κ2) is 6.03. The Morgan fingerprint density at radius 1 is 1.18 bits per heavy atom. The zero-order valence-corrected chi connectivity index (χ0v) is 13.3. The Labute approximate surface area is 132 Å². The Balaban J connectivity index is 1.32. The number of imidazole rings is 1. The third-order valence-corrected chi connectivity index (χ3v) is 5.16. The Hall–Kier alpha value is -1.36. The number of hydrogen-bond acceptors (Lipinski definition) is 3. The topological polar surface area (TPSA) is 50.2 Å². The average molecular weight is 302 g/mol. The molecule has 2 heterocycles. The highest BCUT2D eigenvalue weighted by atomic mass is 16.1. The maximum Gasteiger partial charge on any atom is 0.220 e. The van der Waals surface area contributed by atoms with Crippen LogP contribution < -0.4 is 5.32 Å². The summed E-state index contributed by atoms with van der Waals surface area (Å²) in [7, 11) is 0. The monoisotopic (exact) mass is 302 g/mol. The molecule has 1 aromatic rings. The summed E-state index contributed by atoms with van der Waals surface area (Å²) in [4.78, 5) is 19.0. The fraction of sp³-hybridized carbons (Fsp3) is 0.765. The van der Waals surface area contributed by atoms with Crippen LogP contribution >= 0.6 is 0 Å². The molecule has 2 saturated carbocycles. The van der Waals surface area contributed by atoms with Crippen molar-refractivity contribution in [3.8, 4) is 0 Å². The van der Waals surface area contributed by atoms with Gasteiger partial charge in [-0.3, -0.25) is 4.79 Å². The van der Waals surface area contributed by atoms with Gasteiger partial charge in [-0.1, -0.05) is 0 Å². The average Bonchev–Trinajstić information content (AvgIpc) is 3.41. The number of rotatable bonds is 6. The van der Waals surface area contributed by atoms with Crippen molar-refractivity contribution in [3.05, 3.63) is 17.7 Å². The van der Waals surface area contributed by atoms with E-state index >= 15 is 0 Å². The van der Waals surface area contributed by atoms with Crippen LogP contribution in [-0.2, 0) is 24.3 Å². The van der Waals surface area contributed by atoms with Gasteiger partial charge < -0.3 is 14.8 Å². The second-order valence-corrected chi connectivity index (χ2v) is 7.24. The van der Waals surface area contributed by atoms with E-state index in [0.29, 0.717) is 18.9 Å². The predicted octanol–water partition coefficient (Wildman–Crippen LogP) is 1.57. The van der Waals surface area contributed by atoms with Crippen LogP contribution in [0.5, 0.6) is 0 Å². The van der Waals surface area contributed by atoms with Gasteiger partial charge in [0.05, 0.1) is 18.4 Å². The van der Waals surface area contributed by atoms with Crippen LogP contribution in [0.1, 0.15) is 43.6 Å². The molecule has 0 spiro atoms. The molecule has 1 amide bonds. The molecule has 0 bridgehead atoms. The molecule has 0 aromatic carbocycles. The highest BCUT2D eigenvalue weighted by Gasteiger charge is 2.26. The molecule has 2 aliphatic carbocycles. The summed E-state index contributed by atoms with van der Waals surface area (Å²) in [5.74, 6) is 2.98. The van der Waals surface area contributed by atoms with Gasteiger partial charge in [0.2, 0.25) is 5.91 Å². The van der Waals surface area contributed by atoms with E-state index in [1.165, 1.54) is 38.1 Å². The lowest BCUT2D eigenvalue weighted by Gasteiger charge is -2.19. The Kier molecular flexibility index (Phi) is 3.90. The van der Waals surface area contributed by atoms with Gasteiger partial charge in [0.1, 0.15) is 5.82 Å². The van der Waals surface area contributed by atoms with Crippen LogP contribution in [0.25, 0.3) is 0 Å². The Morgan fingerprint density at radius 2 is 2.00 bits per heavy atom. The summed E-state index contributed by atoms with van der Waals surface area (Å²) in [6.45, 7) is 5.14. The minimum atomic E-state index is 0.196. The quantitative estimate of drug-likeness (QED) is 0.868. The number of aromatic nitrogens is 2. The standard InChI is InChI=1S/C17H26N4O/c22-17(9-13-1-2-13)19-11-15-10-18-16-5-6-20(7-8-21(15)16)12-14-3-4-14/h10,13-14H,1-9,11-12H2,(H,19,22). The first-order valence-corrected chi connectivity index (χ1v) is 8.80. The van der Waals surface area contributed by atoms with Gasteiger partial charge >= 0.3 is 0 Å². The predicted molar refractivity (Wildman–Crippen MR) is 84.3 cm³/mol. The number of amides is 1. The van der Waals surface area contributed by atoms with Gasteiger partial charge in [0.25, 0.3) is 0 Å². The second-order valence-electron chi connectivity index (χ2n) is 7.24. The van der Waals surface area contributed by atoms with E-state index in [0.717, 1.165) is 37.7 Å². The number of nitrogens with zero attached hydrogens (tertiary/aromatic N) is 3. The first kappa shape index (κ1) is 14.2. The molecular weight excluding hydrogens is 276 g/mol. The highest BCUT2D eigenvalue weighted by molar-refractivity contribution is 5.76. The van der Waals surface area contributed by atoms with E-state index in [2.05, 4.69) is 19.8 Å². The zero-order valence-electron chi connectivity index (χ0n) is 13.3. The zero-order chi connectivity index (χ0) is 14.9. The van der Waals surface area contributed by atoms with Crippen molar-refractivity contribution in [2.75, 3.05) is 19.6 Å². The molecule has 1 N–H and O–H groups in total. The third-order valence-electron chi connectivity index (χ3n) is 5.16. The molecule has 0 unspecified atom stereocenters. The molecule has 4 rings (SSSR count). The number of hydrogen-bond donors (Lipinski definition) is 1. The smallest absolute Gasteiger partial charge is 0.220 e. The molecule has 120 valence electrons. The Bertz CT molecular complexity index is 545. The van der Waals surface area contributed by atoms with E-state index in [1.54, 1.807) is 0 Å². The molecule has 1 aliphatic heterocycles. The molecule has 2 fully saturated rings. The van der Waals surface area contributed by atoms with Gasteiger partial charge in [-0.05, 0) is 37.5 Å². The number of carbonyl (C=O) groups excluding carboxylic acids is 1. The molecule has 1 aromatic heterocycles.